The zero-order valence-corrected chi connectivity index (χ0v) is 12.8. The van der Waals surface area contributed by atoms with Gasteiger partial charge in [0.1, 0.15) is 12.1 Å². The second-order valence-corrected chi connectivity index (χ2v) is 6.38. The molecule has 0 spiro atoms. The van der Waals surface area contributed by atoms with Crippen LogP contribution in [0.2, 0.25) is 0 Å². The van der Waals surface area contributed by atoms with E-state index < -0.39 is 0 Å². The van der Waals surface area contributed by atoms with Gasteiger partial charge in [-0.05, 0) is 35.6 Å². The number of fused-ring (bicyclic) bond motifs is 1. The molecule has 0 amide bonds. The molecule has 4 rings (SSSR count). The van der Waals surface area contributed by atoms with Crippen LogP contribution in [-0.4, -0.2) is 34.2 Å². The summed E-state index contributed by atoms with van der Waals surface area (Å²) in [6.45, 7) is 1.49. The Kier molecular flexibility index (Phi) is 3.70. The molecule has 0 unspecified atom stereocenters. The van der Waals surface area contributed by atoms with E-state index in [2.05, 4.69) is 32.4 Å². The number of nitrogens with one attached hydrogen (secondary N) is 1. The topological polar surface area (TPSA) is 59.9 Å². The van der Waals surface area contributed by atoms with Gasteiger partial charge in [0.25, 0.3) is 0 Å². The van der Waals surface area contributed by atoms with Crippen molar-refractivity contribution in [2.45, 2.75) is 12.5 Å². The number of nitrogens with zero attached hydrogens (tertiary/aromatic N) is 3. The van der Waals surface area contributed by atoms with E-state index >= 15 is 0 Å². The number of thiophene rings is 1. The lowest BCUT2D eigenvalue weighted by Gasteiger charge is -2.19. The van der Waals surface area contributed by atoms with Crippen LogP contribution in [0.4, 0.5) is 5.82 Å². The molecule has 6 heteroatoms. The first-order valence-electron chi connectivity index (χ1n) is 7.31. The maximum absolute atomic E-state index is 5.69. The summed E-state index contributed by atoms with van der Waals surface area (Å²) in [5.74, 6) is 1.35. The first-order chi connectivity index (χ1) is 10.9. The lowest BCUT2D eigenvalue weighted by atomic mass is 9.95. The molecule has 5 nitrogen and oxygen atoms in total. The van der Waals surface area contributed by atoms with Crippen LogP contribution in [0.3, 0.4) is 0 Å². The van der Waals surface area contributed by atoms with Crippen molar-refractivity contribution in [3.8, 4) is 0 Å². The van der Waals surface area contributed by atoms with Crippen molar-refractivity contribution in [1.29, 1.82) is 0 Å². The van der Waals surface area contributed by atoms with Crippen molar-refractivity contribution in [3.05, 3.63) is 47.9 Å². The molecular weight excluding hydrogens is 296 g/mol. The van der Waals surface area contributed by atoms with Gasteiger partial charge < -0.3 is 10.1 Å². The van der Waals surface area contributed by atoms with E-state index in [9.17, 15) is 0 Å². The fraction of sp³-hybridized carbons (Fsp3) is 0.312. The summed E-state index contributed by atoms with van der Waals surface area (Å²) < 4.78 is 6.80. The van der Waals surface area contributed by atoms with Crippen LogP contribution in [0.5, 0.6) is 0 Å². The van der Waals surface area contributed by atoms with Gasteiger partial charge in [-0.2, -0.15) is 0 Å². The predicted molar refractivity (Wildman–Crippen MR) is 87.1 cm³/mol. The molecule has 0 aromatic carbocycles. The molecule has 0 saturated carbocycles. The van der Waals surface area contributed by atoms with Crippen LogP contribution < -0.4 is 5.32 Å². The smallest absolute Gasteiger partial charge is 0.147 e. The van der Waals surface area contributed by atoms with E-state index in [1.54, 1.807) is 17.7 Å². The maximum atomic E-state index is 5.69. The fourth-order valence-electron chi connectivity index (χ4n) is 2.85. The van der Waals surface area contributed by atoms with E-state index in [1.807, 2.05) is 23.8 Å². The molecule has 1 aliphatic heterocycles. The van der Waals surface area contributed by atoms with Crippen molar-refractivity contribution >= 4 is 27.4 Å². The van der Waals surface area contributed by atoms with E-state index in [0.717, 1.165) is 29.1 Å². The van der Waals surface area contributed by atoms with Crippen molar-refractivity contribution < 1.29 is 4.74 Å². The highest BCUT2D eigenvalue weighted by Crippen LogP contribution is 2.28. The van der Waals surface area contributed by atoms with Gasteiger partial charge in [-0.15, -0.1) is 11.3 Å². The Hall–Kier alpha value is -2.05. The Balaban J connectivity index is 1.53. The number of pyridine rings is 1. The van der Waals surface area contributed by atoms with E-state index in [0.29, 0.717) is 12.5 Å². The number of anilines is 1. The lowest BCUT2D eigenvalue weighted by molar-refractivity contribution is 0.185. The summed E-state index contributed by atoms with van der Waals surface area (Å²) in [6.07, 6.45) is 6.28. The molecule has 0 bridgehead atoms. The van der Waals surface area contributed by atoms with Gasteiger partial charge >= 0.3 is 0 Å². The SMILES string of the molecule is c1cc(C[C@@H]2COC[C@H]2Nc2ncnc3ccsc23)ccn1. The zero-order valence-electron chi connectivity index (χ0n) is 12.0. The van der Waals surface area contributed by atoms with Crippen molar-refractivity contribution in [3.63, 3.8) is 0 Å². The quantitative estimate of drug-likeness (QED) is 0.802. The number of hydrogen-bond donors (Lipinski definition) is 1. The van der Waals surface area contributed by atoms with Gasteiger partial charge in [0.2, 0.25) is 0 Å². The third kappa shape index (κ3) is 2.67. The van der Waals surface area contributed by atoms with Crippen LogP contribution in [0.15, 0.2) is 42.3 Å². The number of ether oxygens (including phenoxy) is 1. The second-order valence-electron chi connectivity index (χ2n) is 5.47. The summed E-state index contributed by atoms with van der Waals surface area (Å²) in [5, 5.41) is 5.60. The molecule has 3 aromatic rings. The minimum atomic E-state index is 0.272. The Morgan fingerprint density at radius 3 is 3.00 bits per heavy atom. The molecule has 0 radical (unpaired) electrons. The molecule has 2 atom stereocenters. The van der Waals surface area contributed by atoms with Crippen molar-refractivity contribution in [1.82, 2.24) is 15.0 Å². The first kappa shape index (κ1) is 13.6. The third-order valence-corrected chi connectivity index (χ3v) is 4.92. The highest BCUT2D eigenvalue weighted by Gasteiger charge is 2.29. The van der Waals surface area contributed by atoms with Crippen LogP contribution in [0, 0.1) is 5.92 Å². The molecule has 3 aromatic heterocycles. The molecule has 1 fully saturated rings. The van der Waals surface area contributed by atoms with Crippen LogP contribution in [0.25, 0.3) is 10.2 Å². The van der Waals surface area contributed by atoms with E-state index in [-0.39, 0.29) is 6.04 Å². The van der Waals surface area contributed by atoms with Crippen molar-refractivity contribution in [2.75, 3.05) is 18.5 Å². The summed E-state index contributed by atoms with van der Waals surface area (Å²) in [4.78, 5) is 12.8. The van der Waals surface area contributed by atoms with Gasteiger partial charge in [-0.1, -0.05) is 0 Å². The Morgan fingerprint density at radius 1 is 1.18 bits per heavy atom. The molecule has 1 saturated heterocycles. The Bertz CT molecular complexity index is 761. The molecule has 1 N–H and O–H groups in total. The van der Waals surface area contributed by atoms with Gasteiger partial charge in [0.05, 0.1) is 29.5 Å². The Labute approximate surface area is 132 Å². The van der Waals surface area contributed by atoms with Crippen LogP contribution in [0.1, 0.15) is 5.56 Å². The lowest BCUT2D eigenvalue weighted by Crippen LogP contribution is -2.29. The van der Waals surface area contributed by atoms with Gasteiger partial charge in [0.15, 0.2) is 0 Å². The molecule has 0 aliphatic carbocycles. The normalized spacial score (nSPS) is 21.3. The van der Waals surface area contributed by atoms with E-state index in [1.165, 1.54) is 5.56 Å². The number of rotatable bonds is 4. The Morgan fingerprint density at radius 2 is 2.09 bits per heavy atom. The standard InChI is InChI=1S/C16H16N4OS/c1-4-17-5-2-11(1)7-12-8-21-9-14(12)20-16-15-13(3-6-22-15)18-10-19-16/h1-6,10,12,14H,7-9H2,(H,18,19,20)/t12-,14-/m1/s1. The largest absolute Gasteiger partial charge is 0.379 e. The minimum absolute atomic E-state index is 0.272. The van der Waals surface area contributed by atoms with Gasteiger partial charge in [-0.3, -0.25) is 4.98 Å². The summed E-state index contributed by atoms with van der Waals surface area (Å²) in [6, 6.07) is 6.43. The summed E-state index contributed by atoms with van der Waals surface area (Å²) in [5.41, 5.74) is 2.29. The van der Waals surface area contributed by atoms with Crippen LogP contribution in [-0.2, 0) is 11.2 Å². The van der Waals surface area contributed by atoms with E-state index in [4.69, 9.17) is 4.74 Å². The molecule has 1 aliphatic rings. The maximum Gasteiger partial charge on any atom is 0.147 e. The predicted octanol–water partition coefficient (Wildman–Crippen LogP) is 2.76. The van der Waals surface area contributed by atoms with Gasteiger partial charge in [-0.25, -0.2) is 9.97 Å². The monoisotopic (exact) mass is 312 g/mol. The average Bonchev–Trinajstić information content (AvgIpc) is 3.19. The molecule has 112 valence electrons. The van der Waals surface area contributed by atoms with Gasteiger partial charge in [0, 0.05) is 18.3 Å². The third-order valence-electron chi connectivity index (χ3n) is 4.01. The fourth-order valence-corrected chi connectivity index (χ4v) is 3.65. The number of aromatic nitrogens is 3. The molecule has 4 heterocycles. The van der Waals surface area contributed by atoms with Crippen LogP contribution >= 0.6 is 11.3 Å². The second kappa shape index (κ2) is 5.98. The molecular formula is C16H16N4OS. The summed E-state index contributed by atoms with van der Waals surface area (Å²) in [7, 11) is 0. The highest BCUT2D eigenvalue weighted by atomic mass is 32.1. The van der Waals surface area contributed by atoms with Crippen molar-refractivity contribution in [2.24, 2.45) is 5.92 Å². The minimum Gasteiger partial charge on any atom is -0.379 e. The summed E-state index contributed by atoms with van der Waals surface area (Å²) >= 11 is 1.67. The zero-order chi connectivity index (χ0) is 14.8. The average molecular weight is 312 g/mol. The molecule has 22 heavy (non-hydrogen) atoms. The highest BCUT2D eigenvalue weighted by molar-refractivity contribution is 7.17. The first-order valence-corrected chi connectivity index (χ1v) is 8.19. The number of hydrogen-bond acceptors (Lipinski definition) is 6.